The second kappa shape index (κ2) is 6.75. The summed E-state index contributed by atoms with van der Waals surface area (Å²) in [5.74, 6) is -0.456. The van der Waals surface area contributed by atoms with Crippen LogP contribution in [0.15, 0.2) is 12.3 Å². The van der Waals surface area contributed by atoms with Crippen LogP contribution in [0, 0.1) is 12.7 Å². The molecule has 0 radical (unpaired) electrons. The monoisotopic (exact) mass is 338 g/mol. The topological polar surface area (TPSA) is 69.8 Å². The van der Waals surface area contributed by atoms with Crippen LogP contribution < -0.4 is 10.4 Å². The molecule has 0 amide bonds. The quantitative estimate of drug-likeness (QED) is 0.497. The Kier molecular flexibility index (Phi) is 5.15. The lowest BCUT2D eigenvalue weighted by atomic mass is 10.2. The van der Waals surface area contributed by atoms with Crippen molar-refractivity contribution in [3.05, 3.63) is 23.8 Å². The zero-order valence-corrected chi connectivity index (χ0v) is 15.4. The predicted octanol–water partition coefficient (Wildman–Crippen LogP) is 2.11. The van der Waals surface area contributed by atoms with E-state index in [0.717, 1.165) is 6.04 Å². The minimum atomic E-state index is -1.11. The molecule has 0 atom stereocenters. The molecule has 2 aromatic rings. The van der Waals surface area contributed by atoms with E-state index in [1.807, 2.05) is 14.0 Å². The molecule has 0 aliphatic heterocycles. The van der Waals surface area contributed by atoms with Gasteiger partial charge in [-0.05, 0) is 10.8 Å². The molecule has 0 bridgehead atoms. The third-order valence-electron chi connectivity index (χ3n) is 3.57. The van der Waals surface area contributed by atoms with Gasteiger partial charge in [0.2, 0.25) is 11.4 Å². The number of halogens is 1. The number of nitrogens with zero attached hydrogens (tertiary/aromatic N) is 4. The number of rotatable bonds is 6. The summed E-state index contributed by atoms with van der Waals surface area (Å²) in [6, 6.07) is 2.36. The molecule has 6 nitrogen and oxygen atoms in total. The summed E-state index contributed by atoms with van der Waals surface area (Å²) in [7, 11) is 0.701. The first-order valence-corrected chi connectivity index (χ1v) is 11.3. The fraction of sp³-hybridized carbons (Fsp3) is 0.533. The Morgan fingerprint density at radius 2 is 2.09 bits per heavy atom. The van der Waals surface area contributed by atoms with Crippen LogP contribution in [0.25, 0.3) is 11.4 Å². The van der Waals surface area contributed by atoms with Gasteiger partial charge in [-0.3, -0.25) is 0 Å². The Morgan fingerprint density at radius 3 is 2.70 bits per heavy atom. The van der Waals surface area contributed by atoms with Crippen molar-refractivity contribution < 1.29 is 13.8 Å². The van der Waals surface area contributed by atoms with Crippen molar-refractivity contribution in [1.29, 1.82) is 0 Å². The number of pyridine rings is 1. The summed E-state index contributed by atoms with van der Waals surface area (Å²) in [6.07, 6.45) is 1.44. The van der Waals surface area contributed by atoms with Crippen molar-refractivity contribution in [1.82, 2.24) is 14.9 Å². The first-order valence-electron chi connectivity index (χ1n) is 7.62. The van der Waals surface area contributed by atoms with E-state index in [1.54, 1.807) is 9.48 Å². The Balaban J connectivity index is 2.16. The van der Waals surface area contributed by atoms with Crippen LogP contribution >= 0.6 is 0 Å². The fourth-order valence-corrected chi connectivity index (χ4v) is 2.99. The van der Waals surface area contributed by atoms with Gasteiger partial charge in [-0.1, -0.05) is 19.6 Å². The van der Waals surface area contributed by atoms with Crippen molar-refractivity contribution in [3.63, 3.8) is 0 Å². The Labute approximate surface area is 137 Å². The van der Waals surface area contributed by atoms with Gasteiger partial charge in [-0.25, -0.2) is 9.37 Å². The standard InChI is InChI=1S/C15H24FN5OSi/c1-11-15(14-13(16)8-12(17)9-18-14)20(2)21(19-11)10-22-6-7-23(3,4)5/h8-9,17H,6-7,10H2,1-5H3/p+1. The number of ether oxygens (including phenoxy) is 1. The number of nitrogen functional groups attached to an aromatic ring is 1. The van der Waals surface area contributed by atoms with Crippen LogP contribution in [0.2, 0.25) is 25.7 Å². The van der Waals surface area contributed by atoms with Gasteiger partial charge in [0, 0.05) is 32.8 Å². The molecule has 0 aliphatic rings. The molecule has 0 saturated carbocycles. The molecule has 2 heterocycles. The molecule has 2 rings (SSSR count). The Morgan fingerprint density at radius 1 is 1.39 bits per heavy atom. The van der Waals surface area contributed by atoms with Gasteiger partial charge in [0.1, 0.15) is 7.05 Å². The number of aromatic nitrogens is 4. The van der Waals surface area contributed by atoms with Gasteiger partial charge in [-0.2, -0.15) is 4.68 Å². The van der Waals surface area contributed by atoms with Crippen LogP contribution in [0.5, 0.6) is 0 Å². The van der Waals surface area contributed by atoms with Gasteiger partial charge in [0.25, 0.3) is 0 Å². The van der Waals surface area contributed by atoms with Gasteiger partial charge >= 0.3 is 0 Å². The largest absolute Gasteiger partial charge is 0.397 e. The average Bonchev–Trinajstić information content (AvgIpc) is 2.70. The second-order valence-electron chi connectivity index (χ2n) is 6.88. The molecule has 0 saturated heterocycles. The minimum Gasteiger partial charge on any atom is -0.397 e. The van der Waals surface area contributed by atoms with Gasteiger partial charge in [0.15, 0.2) is 18.2 Å². The van der Waals surface area contributed by atoms with Crippen LogP contribution in [0.4, 0.5) is 10.1 Å². The summed E-state index contributed by atoms with van der Waals surface area (Å²) in [6.45, 7) is 9.79. The maximum atomic E-state index is 14.1. The molecule has 0 fully saturated rings. The highest BCUT2D eigenvalue weighted by atomic mass is 28.3. The van der Waals surface area contributed by atoms with Crippen molar-refractivity contribution in [2.24, 2.45) is 7.05 Å². The summed E-state index contributed by atoms with van der Waals surface area (Å²) in [5, 5.41) is 4.41. The highest BCUT2D eigenvalue weighted by Gasteiger charge is 2.26. The first-order chi connectivity index (χ1) is 10.7. The number of nitrogens with two attached hydrogens (primary N) is 1. The SMILES string of the molecule is Cc1nn(COCC[Si](C)(C)C)[n+](C)c1-c1ncc(N)cc1F. The molecule has 0 aromatic carbocycles. The van der Waals surface area contributed by atoms with E-state index >= 15 is 0 Å². The van der Waals surface area contributed by atoms with E-state index in [1.165, 1.54) is 12.3 Å². The lowest BCUT2D eigenvalue weighted by Crippen LogP contribution is -2.42. The third-order valence-corrected chi connectivity index (χ3v) is 5.27. The van der Waals surface area contributed by atoms with Crippen molar-refractivity contribution in [2.75, 3.05) is 12.3 Å². The molecule has 2 aromatic heterocycles. The van der Waals surface area contributed by atoms with E-state index in [4.69, 9.17) is 10.5 Å². The summed E-state index contributed by atoms with van der Waals surface area (Å²) >= 11 is 0. The number of aryl methyl sites for hydroxylation is 1. The maximum Gasteiger partial charge on any atom is 0.225 e. The molecule has 0 aliphatic carbocycles. The molecular formula is C15H25FN5OSi+. The smallest absolute Gasteiger partial charge is 0.225 e. The minimum absolute atomic E-state index is 0.243. The van der Waals surface area contributed by atoms with Gasteiger partial charge in [0.05, 0.1) is 11.9 Å². The highest BCUT2D eigenvalue weighted by Crippen LogP contribution is 2.20. The van der Waals surface area contributed by atoms with Crippen LogP contribution in [0.1, 0.15) is 5.69 Å². The Hall–Kier alpha value is -1.80. The lowest BCUT2D eigenvalue weighted by molar-refractivity contribution is -0.752. The van der Waals surface area contributed by atoms with E-state index in [9.17, 15) is 4.39 Å². The van der Waals surface area contributed by atoms with Crippen LogP contribution in [0.3, 0.4) is 0 Å². The van der Waals surface area contributed by atoms with Crippen LogP contribution in [-0.2, 0) is 18.5 Å². The maximum absolute atomic E-state index is 14.1. The van der Waals surface area contributed by atoms with E-state index < -0.39 is 13.9 Å². The highest BCUT2D eigenvalue weighted by molar-refractivity contribution is 6.76. The van der Waals surface area contributed by atoms with Crippen molar-refractivity contribution in [3.8, 4) is 11.4 Å². The molecule has 2 N–H and O–H groups in total. The van der Waals surface area contributed by atoms with Crippen molar-refractivity contribution >= 4 is 13.8 Å². The van der Waals surface area contributed by atoms with Crippen molar-refractivity contribution in [2.45, 2.75) is 39.3 Å². The number of hydrogen-bond donors (Lipinski definition) is 1. The third kappa shape index (κ3) is 4.35. The molecule has 0 unspecified atom stereocenters. The zero-order chi connectivity index (χ0) is 17.2. The summed E-state index contributed by atoms with van der Waals surface area (Å²) in [5.41, 5.74) is 7.41. The second-order valence-corrected chi connectivity index (χ2v) is 12.5. The molecule has 126 valence electrons. The first kappa shape index (κ1) is 17.5. The molecule has 8 heteroatoms. The van der Waals surface area contributed by atoms with E-state index in [0.29, 0.717) is 30.4 Å². The summed E-state index contributed by atoms with van der Waals surface area (Å²) < 4.78 is 21.6. The predicted molar refractivity (Wildman–Crippen MR) is 89.8 cm³/mol. The number of hydrogen-bond acceptors (Lipinski definition) is 4. The van der Waals surface area contributed by atoms with Gasteiger partial charge in [-0.15, -0.1) is 0 Å². The number of anilines is 1. The van der Waals surface area contributed by atoms with Gasteiger partial charge < -0.3 is 10.5 Å². The summed E-state index contributed by atoms with van der Waals surface area (Å²) in [4.78, 5) is 5.78. The molecule has 0 spiro atoms. The normalized spacial score (nSPS) is 11.9. The van der Waals surface area contributed by atoms with Crippen LogP contribution in [-0.4, -0.2) is 29.6 Å². The molecule has 23 heavy (non-hydrogen) atoms. The van der Waals surface area contributed by atoms with E-state index in [-0.39, 0.29) is 5.69 Å². The average molecular weight is 338 g/mol. The lowest BCUT2D eigenvalue weighted by Gasteiger charge is -2.14. The zero-order valence-electron chi connectivity index (χ0n) is 14.4. The fourth-order valence-electron chi connectivity index (χ4n) is 2.23. The Bertz CT molecular complexity index is 696. The van der Waals surface area contributed by atoms with E-state index in [2.05, 4.69) is 29.7 Å². The molecular weight excluding hydrogens is 313 g/mol.